The first-order valence-corrected chi connectivity index (χ1v) is 11.0. The largest absolute Gasteiger partial charge is 0.300 e. The molecule has 2 N–H and O–H groups in total. The third-order valence-corrected chi connectivity index (χ3v) is 7.35. The van der Waals surface area contributed by atoms with E-state index < -0.39 is 10.0 Å². The van der Waals surface area contributed by atoms with E-state index in [1.54, 1.807) is 18.2 Å². The predicted molar refractivity (Wildman–Crippen MR) is 99.3 cm³/mol. The molecule has 0 aliphatic heterocycles. The Morgan fingerprint density at radius 1 is 1.08 bits per heavy atom. The SMILES string of the molecule is O=C(Nc1nnc(NS(=O)(=O)c2ccccc2)s1)C1CC1C1CCCC1. The molecule has 138 valence electrons. The van der Waals surface area contributed by atoms with Gasteiger partial charge in [-0.2, -0.15) is 0 Å². The van der Waals surface area contributed by atoms with Crippen LogP contribution in [0.5, 0.6) is 0 Å². The van der Waals surface area contributed by atoms with E-state index in [1.165, 1.54) is 37.8 Å². The van der Waals surface area contributed by atoms with Crippen LogP contribution in [0.4, 0.5) is 10.3 Å². The molecule has 2 unspecified atom stereocenters. The summed E-state index contributed by atoms with van der Waals surface area (Å²) in [6.07, 6.45) is 5.97. The van der Waals surface area contributed by atoms with Gasteiger partial charge >= 0.3 is 0 Å². The van der Waals surface area contributed by atoms with Gasteiger partial charge in [-0.15, -0.1) is 10.2 Å². The quantitative estimate of drug-likeness (QED) is 0.787. The Labute approximate surface area is 156 Å². The molecule has 2 atom stereocenters. The number of nitrogens with zero attached hydrogens (tertiary/aromatic N) is 2. The molecule has 7 nitrogen and oxygen atoms in total. The number of anilines is 2. The van der Waals surface area contributed by atoms with E-state index >= 15 is 0 Å². The zero-order chi connectivity index (χ0) is 18.1. The van der Waals surface area contributed by atoms with Crippen LogP contribution in [-0.4, -0.2) is 24.5 Å². The van der Waals surface area contributed by atoms with E-state index in [4.69, 9.17) is 0 Å². The highest BCUT2D eigenvalue weighted by Crippen LogP contribution is 2.50. The molecule has 9 heteroatoms. The van der Waals surface area contributed by atoms with E-state index in [0.29, 0.717) is 17.0 Å². The molecule has 0 radical (unpaired) electrons. The molecule has 0 spiro atoms. The van der Waals surface area contributed by atoms with E-state index in [0.717, 1.165) is 17.8 Å². The maximum atomic E-state index is 12.3. The summed E-state index contributed by atoms with van der Waals surface area (Å²) < 4.78 is 27.0. The van der Waals surface area contributed by atoms with Crippen LogP contribution >= 0.6 is 11.3 Å². The monoisotopic (exact) mass is 392 g/mol. The molecule has 1 aromatic carbocycles. The van der Waals surface area contributed by atoms with Gasteiger partial charge in [0.1, 0.15) is 0 Å². The molecule has 1 heterocycles. The molecule has 2 saturated carbocycles. The van der Waals surface area contributed by atoms with Gasteiger partial charge in [-0.05, 0) is 30.4 Å². The van der Waals surface area contributed by atoms with Crippen LogP contribution in [0.2, 0.25) is 0 Å². The number of sulfonamides is 1. The van der Waals surface area contributed by atoms with Crippen LogP contribution in [0.25, 0.3) is 0 Å². The second kappa shape index (κ2) is 6.96. The third-order valence-electron chi connectivity index (χ3n) is 5.11. The fourth-order valence-corrected chi connectivity index (χ4v) is 5.61. The highest BCUT2D eigenvalue weighted by molar-refractivity contribution is 7.93. The second-order valence-electron chi connectivity index (χ2n) is 6.87. The van der Waals surface area contributed by atoms with Crippen LogP contribution in [0.3, 0.4) is 0 Å². The van der Waals surface area contributed by atoms with Crippen molar-refractivity contribution >= 4 is 37.5 Å². The molecule has 2 aliphatic carbocycles. The third kappa shape index (κ3) is 3.73. The smallest absolute Gasteiger partial charge is 0.263 e. The summed E-state index contributed by atoms with van der Waals surface area (Å²) in [7, 11) is -3.71. The molecule has 4 rings (SSSR count). The normalized spacial score (nSPS) is 22.9. The number of hydrogen-bond acceptors (Lipinski definition) is 6. The van der Waals surface area contributed by atoms with E-state index in [-0.39, 0.29) is 21.9 Å². The number of hydrogen-bond donors (Lipinski definition) is 2. The molecule has 26 heavy (non-hydrogen) atoms. The molecular weight excluding hydrogens is 372 g/mol. The van der Waals surface area contributed by atoms with Crippen LogP contribution in [0.15, 0.2) is 35.2 Å². The van der Waals surface area contributed by atoms with Crippen molar-refractivity contribution in [2.75, 3.05) is 10.0 Å². The summed E-state index contributed by atoms with van der Waals surface area (Å²) in [4.78, 5) is 12.5. The number of rotatable bonds is 6. The minimum absolute atomic E-state index is 0.0319. The number of carbonyl (C=O) groups is 1. The maximum Gasteiger partial charge on any atom is 0.263 e. The summed E-state index contributed by atoms with van der Waals surface area (Å²) in [6.45, 7) is 0. The Balaban J connectivity index is 1.36. The van der Waals surface area contributed by atoms with Gasteiger partial charge in [0.2, 0.25) is 16.2 Å². The molecule has 0 saturated heterocycles. The van der Waals surface area contributed by atoms with Gasteiger partial charge in [-0.3, -0.25) is 9.52 Å². The minimum Gasteiger partial charge on any atom is -0.300 e. The van der Waals surface area contributed by atoms with Crippen molar-refractivity contribution in [2.45, 2.75) is 37.0 Å². The highest BCUT2D eigenvalue weighted by atomic mass is 32.2. The fourth-order valence-electron chi connectivity index (χ4n) is 3.71. The predicted octanol–water partition coefficient (Wildman–Crippen LogP) is 3.10. The zero-order valence-corrected chi connectivity index (χ0v) is 15.7. The summed E-state index contributed by atoms with van der Waals surface area (Å²) in [6, 6.07) is 8.05. The van der Waals surface area contributed by atoms with Gasteiger partial charge in [0.15, 0.2) is 0 Å². The Hall–Kier alpha value is -2.00. The molecule has 2 aromatic rings. The minimum atomic E-state index is -3.71. The number of nitrogens with one attached hydrogen (secondary N) is 2. The average molecular weight is 393 g/mol. The molecular formula is C17H20N4O3S2. The van der Waals surface area contributed by atoms with E-state index in [2.05, 4.69) is 20.2 Å². The lowest BCUT2D eigenvalue weighted by molar-refractivity contribution is -0.117. The number of amides is 1. The Bertz CT molecular complexity index is 892. The first-order valence-electron chi connectivity index (χ1n) is 8.75. The lowest BCUT2D eigenvalue weighted by Crippen LogP contribution is -2.16. The molecule has 1 aromatic heterocycles. The summed E-state index contributed by atoms with van der Waals surface area (Å²) in [5.74, 6) is 1.22. The number of benzene rings is 1. The van der Waals surface area contributed by atoms with Crippen molar-refractivity contribution in [3.63, 3.8) is 0 Å². The fraction of sp³-hybridized carbons (Fsp3) is 0.471. The van der Waals surface area contributed by atoms with Gasteiger partial charge in [0.05, 0.1) is 4.90 Å². The summed E-state index contributed by atoms with van der Waals surface area (Å²) in [5.41, 5.74) is 0. The van der Waals surface area contributed by atoms with Gasteiger partial charge in [0, 0.05) is 5.92 Å². The van der Waals surface area contributed by atoms with Gasteiger partial charge in [-0.1, -0.05) is 55.2 Å². The van der Waals surface area contributed by atoms with Crippen LogP contribution < -0.4 is 10.0 Å². The standard InChI is InChI=1S/C17H20N4O3S2/c22-15(14-10-13(14)11-6-4-5-7-11)18-16-19-20-17(25-16)21-26(23,24)12-8-2-1-3-9-12/h1-3,8-9,11,13-14H,4-7,10H2,(H,20,21)(H,18,19,22). The van der Waals surface area contributed by atoms with Crippen LogP contribution in [-0.2, 0) is 14.8 Å². The van der Waals surface area contributed by atoms with Crippen molar-refractivity contribution in [3.05, 3.63) is 30.3 Å². The molecule has 1 amide bonds. The van der Waals surface area contributed by atoms with Gasteiger partial charge < -0.3 is 5.32 Å². The Kier molecular flexibility index (Phi) is 4.66. The van der Waals surface area contributed by atoms with Crippen molar-refractivity contribution < 1.29 is 13.2 Å². The van der Waals surface area contributed by atoms with Crippen LogP contribution in [0.1, 0.15) is 32.1 Å². The summed E-state index contributed by atoms with van der Waals surface area (Å²) >= 11 is 1.02. The lowest BCUT2D eigenvalue weighted by atomic mass is 10.0. The first kappa shape index (κ1) is 17.4. The molecule has 0 bridgehead atoms. The first-order chi connectivity index (χ1) is 12.5. The number of aromatic nitrogens is 2. The van der Waals surface area contributed by atoms with Crippen molar-refractivity contribution in [1.82, 2.24) is 10.2 Å². The average Bonchev–Trinajstić information content (AvgIpc) is 3.02. The van der Waals surface area contributed by atoms with E-state index in [9.17, 15) is 13.2 Å². The van der Waals surface area contributed by atoms with Gasteiger partial charge in [0.25, 0.3) is 10.0 Å². The molecule has 2 fully saturated rings. The maximum absolute atomic E-state index is 12.3. The van der Waals surface area contributed by atoms with E-state index in [1.807, 2.05) is 0 Å². The highest BCUT2D eigenvalue weighted by Gasteiger charge is 2.48. The van der Waals surface area contributed by atoms with Crippen molar-refractivity contribution in [1.29, 1.82) is 0 Å². The Morgan fingerprint density at radius 3 is 2.50 bits per heavy atom. The second-order valence-corrected chi connectivity index (χ2v) is 9.53. The van der Waals surface area contributed by atoms with Crippen LogP contribution in [0, 0.1) is 17.8 Å². The molecule has 2 aliphatic rings. The number of carbonyl (C=O) groups excluding carboxylic acids is 1. The van der Waals surface area contributed by atoms with Crippen molar-refractivity contribution in [3.8, 4) is 0 Å². The lowest BCUT2D eigenvalue weighted by Gasteiger charge is -2.07. The zero-order valence-electron chi connectivity index (χ0n) is 14.1. The van der Waals surface area contributed by atoms with Crippen molar-refractivity contribution in [2.24, 2.45) is 17.8 Å². The topological polar surface area (TPSA) is 101 Å². The van der Waals surface area contributed by atoms with Gasteiger partial charge in [-0.25, -0.2) is 8.42 Å². The Morgan fingerprint density at radius 2 is 1.77 bits per heavy atom. The summed E-state index contributed by atoms with van der Waals surface area (Å²) in [5, 5.41) is 10.9.